The first-order valence-electron chi connectivity index (χ1n) is 33.1. The number of β-amino-alcohol motifs (C(OH)–C–C–N with tert-alkyl or cyclic N) is 1. The van der Waals surface area contributed by atoms with Gasteiger partial charge in [-0.1, -0.05) is 77.9 Å². The van der Waals surface area contributed by atoms with Gasteiger partial charge in [0.1, 0.15) is 65.9 Å². The van der Waals surface area contributed by atoms with E-state index >= 15 is 0 Å². The van der Waals surface area contributed by atoms with Gasteiger partial charge in [0.05, 0.1) is 12.6 Å². The van der Waals surface area contributed by atoms with Crippen LogP contribution in [0.25, 0.3) is 10.9 Å². The van der Waals surface area contributed by atoms with Crippen molar-refractivity contribution in [3.8, 4) is 11.5 Å². The molecule has 2 saturated heterocycles. The lowest BCUT2D eigenvalue weighted by Crippen LogP contribution is -2.61. The number of phenolic OH excluding ortho intramolecular Hbond substituents is 2. The zero-order valence-corrected chi connectivity index (χ0v) is 58.0. The molecular weight excluding hydrogens is 1370 g/mol. The summed E-state index contributed by atoms with van der Waals surface area (Å²) in [7, 11) is 1.73. The molecule has 0 radical (unpaired) electrons. The highest BCUT2D eigenvalue weighted by Crippen LogP contribution is 2.25. The Balaban J connectivity index is 1.41. The Morgan fingerprint density at radius 3 is 1.89 bits per heavy atom. The number of carbonyl (C=O) groups excluding carboxylic acids is 12. The fraction of sp³-hybridized carbons (Fsp3) is 0.485. The summed E-state index contributed by atoms with van der Waals surface area (Å²) >= 11 is 0. The number of hydrogen-bond acceptors (Lipinski definition) is 20. The quantitative estimate of drug-likeness (QED) is 0.0141. The highest BCUT2D eigenvalue weighted by atomic mass is 33.1. The number of H-pyrrole nitrogens is 1. The number of para-hydroxylation sites is 1. The number of carbonyl (C=O) groups is 13. The number of aliphatic hydroxyl groups is 1. The van der Waals surface area contributed by atoms with E-state index in [-0.39, 0.29) is 80.8 Å². The molecule has 6 rings (SSSR count). The molecule has 0 saturated carbocycles. The van der Waals surface area contributed by atoms with Gasteiger partial charge in [-0.25, -0.2) is 0 Å². The van der Waals surface area contributed by atoms with Gasteiger partial charge < -0.3 is 102 Å². The fourth-order valence-electron chi connectivity index (χ4n) is 11.2. The molecule has 0 unspecified atom stereocenters. The number of fused-ring (bicyclic) bond motifs is 1. The summed E-state index contributed by atoms with van der Waals surface area (Å²) in [6.45, 7) is 3.09. The van der Waals surface area contributed by atoms with Crippen molar-refractivity contribution in [2.24, 2.45) is 33.8 Å². The lowest BCUT2D eigenvalue weighted by atomic mass is 10.00. The molecule has 2 aliphatic rings. The molecule has 0 aliphatic carbocycles. The van der Waals surface area contributed by atoms with E-state index in [4.69, 9.17) is 22.9 Å². The van der Waals surface area contributed by atoms with Crippen molar-refractivity contribution in [3.63, 3.8) is 0 Å². The topological polar surface area (TPSA) is 559 Å². The largest absolute Gasteiger partial charge is 0.508 e. The van der Waals surface area contributed by atoms with Gasteiger partial charge in [-0.2, -0.15) is 0 Å². The first kappa shape index (κ1) is 80.8. The average molecular weight is 1460 g/mol. The van der Waals surface area contributed by atoms with E-state index in [1.807, 2.05) is 0 Å². The second-order valence-corrected chi connectivity index (χ2v) is 27.5. The molecule has 0 spiro atoms. The number of aliphatic hydroxyl groups excluding tert-OH is 1. The number of aliphatic carboxylic acids is 1. The Labute approximate surface area is 595 Å². The van der Waals surface area contributed by atoms with Gasteiger partial charge in [0.25, 0.3) is 0 Å². The van der Waals surface area contributed by atoms with E-state index in [0.29, 0.717) is 47.0 Å². The monoisotopic (exact) mass is 1460 g/mol. The number of nitrogens with zero attached hydrogens (tertiary/aromatic N) is 2. The molecule has 2 fully saturated rings. The molecule has 23 N–H and O–H groups in total. The third kappa shape index (κ3) is 26.1. The zero-order valence-electron chi connectivity index (χ0n) is 56.4. The number of phenols is 2. The van der Waals surface area contributed by atoms with Crippen molar-refractivity contribution in [3.05, 3.63) is 95.7 Å². The summed E-state index contributed by atoms with van der Waals surface area (Å²) in [5.74, 6) is -14.6. The van der Waals surface area contributed by atoms with Gasteiger partial charge in [-0.15, -0.1) is 0 Å². The summed E-state index contributed by atoms with van der Waals surface area (Å²) in [6, 6.07) is 3.58. The van der Waals surface area contributed by atoms with E-state index in [1.165, 1.54) is 48.5 Å². The number of aromatic amines is 1. The number of rotatable bonds is 24. The molecule has 2 aliphatic heterocycles. The van der Waals surface area contributed by atoms with E-state index in [2.05, 4.69) is 63.1 Å². The maximum absolute atomic E-state index is 15.0. The van der Waals surface area contributed by atoms with Crippen LogP contribution in [0.4, 0.5) is 0 Å². The molecule has 0 bridgehead atoms. The van der Waals surface area contributed by atoms with Crippen LogP contribution in [0.3, 0.4) is 0 Å². The van der Waals surface area contributed by atoms with Gasteiger partial charge in [0.2, 0.25) is 70.9 Å². The first-order valence-corrected chi connectivity index (χ1v) is 35.6. The fourth-order valence-corrected chi connectivity index (χ4v) is 13.6. The maximum atomic E-state index is 15.0. The number of nitrogens with one attached hydrogen (secondary N) is 11. The summed E-state index contributed by atoms with van der Waals surface area (Å²) in [5, 5.41) is 66.7. The molecule has 10 atom stereocenters. The third-order valence-electron chi connectivity index (χ3n) is 16.7. The second-order valence-electron chi connectivity index (χ2n) is 24.9. The molecule has 1 aromatic heterocycles. The van der Waals surface area contributed by atoms with Crippen molar-refractivity contribution in [1.29, 1.82) is 0 Å². The Kier molecular flexibility index (Phi) is 31.9. The third-order valence-corrected chi connectivity index (χ3v) is 19.2. The number of aliphatic imine (C=N–C) groups is 1. The van der Waals surface area contributed by atoms with Crippen LogP contribution in [-0.2, 0) is 81.6 Å². The van der Waals surface area contributed by atoms with Crippen LogP contribution >= 0.6 is 21.6 Å². The van der Waals surface area contributed by atoms with E-state index in [9.17, 15) is 82.8 Å². The number of guanidine groups is 1. The predicted molar refractivity (Wildman–Crippen MR) is 376 cm³/mol. The van der Waals surface area contributed by atoms with Crippen LogP contribution in [0.15, 0.2) is 84.0 Å². The number of carboxylic acids is 1. The zero-order chi connectivity index (χ0) is 74.6. The highest BCUT2D eigenvalue weighted by Gasteiger charge is 2.38. The number of amides is 12. The SMILES string of the molecule is CC(C)[C@@H]1NC(=O)[C@@H](NC(=O)[C@H](Cc2ccc(O)cc2)NC(=O)[C@@H]2CCCN2CCO)CSSC[C@H](C(N)=O)NC(=O)[C@H](CCC(=O)O)NC(=O)[C@H](Cc2c[nH]c3ccccc23)NC(=O)[C@H](CCC(N)=O)NC(=O)CCNC(=O)[C@H](CCCN=C(N)N)NC(=O)[C@H](Cc2ccc(O)cc2)NC1=O. The van der Waals surface area contributed by atoms with Crippen molar-refractivity contribution in [2.75, 3.05) is 44.3 Å². The van der Waals surface area contributed by atoms with Gasteiger partial charge in [-0.05, 0) is 98.0 Å². The van der Waals surface area contributed by atoms with Crippen molar-refractivity contribution in [2.45, 2.75) is 151 Å². The van der Waals surface area contributed by atoms with Crippen LogP contribution in [0.2, 0.25) is 0 Å². The molecule has 4 aromatic rings. The Hall–Kier alpha value is -10.2. The van der Waals surface area contributed by atoms with Crippen LogP contribution in [0.5, 0.6) is 11.5 Å². The molecular formula is C66H91N17O17S2. The summed E-state index contributed by atoms with van der Waals surface area (Å²) in [5.41, 5.74) is 24.5. The minimum absolute atomic E-state index is 0.0155. The van der Waals surface area contributed by atoms with Crippen LogP contribution < -0.4 is 76.1 Å². The highest BCUT2D eigenvalue weighted by molar-refractivity contribution is 8.76. The summed E-state index contributed by atoms with van der Waals surface area (Å²) in [6.07, 6.45) is -0.893. The summed E-state index contributed by atoms with van der Waals surface area (Å²) < 4.78 is 0. The predicted octanol–water partition coefficient (Wildman–Crippen LogP) is -3.35. The standard InChI is InChI=1S/C66H91N17O17S2/c1-35(2)55-65(100)79-47(30-37-13-17-40(86)18-14-37)60(95)75-43(9-5-24-72-66(69)70)57(92)71-25-23-53(88)74-44(19-21-52(67)87)58(93)77-48(31-38-32-73-42-8-4-3-7-41(38)42)62(97)76-45(20-22-54(89)90)59(94)80-49(56(68)91)33-101-102-34-50(63(98)82-55)81-61(96)46(29-36-11-15-39(85)16-12-36)78-64(99)51-10-6-26-83(51)27-28-84/h3-4,7-8,11-18,32,35,43-51,55,73,84-86H,5-6,9-10,19-31,33-34H2,1-2H3,(H2,67,87)(H2,68,91)(H,71,92)(H,74,88)(H,75,95)(H,76,97)(H,77,93)(H,78,99)(H,79,100)(H,80,94)(H,81,96)(H,82,98)(H,89,90)(H4,69,70,72)/t43-,44-,45-,46-,47-,48-,49+,50-,51-,55-/m0/s1. The van der Waals surface area contributed by atoms with Crippen LogP contribution in [-0.4, -0.2) is 218 Å². The number of nitrogens with two attached hydrogens (primary N) is 4. The number of carboxylic acid groups (broad SMARTS) is 1. The molecule has 12 amide bonds. The molecule has 102 heavy (non-hydrogen) atoms. The molecule has 3 heterocycles. The van der Waals surface area contributed by atoms with Gasteiger partial charge >= 0.3 is 5.97 Å². The van der Waals surface area contributed by atoms with E-state index < -0.39 is 182 Å². The van der Waals surface area contributed by atoms with Crippen LogP contribution in [0, 0.1) is 5.92 Å². The number of likely N-dealkylation sites (tertiary alicyclic amines) is 1. The van der Waals surface area contributed by atoms with Crippen LogP contribution in [0.1, 0.15) is 88.3 Å². The smallest absolute Gasteiger partial charge is 0.303 e. The first-order chi connectivity index (χ1) is 48.6. The number of primary amides is 2. The number of aromatic nitrogens is 1. The Bertz CT molecular complexity index is 3630. The maximum Gasteiger partial charge on any atom is 0.303 e. The Morgan fingerprint density at radius 1 is 0.667 bits per heavy atom. The Morgan fingerprint density at radius 2 is 1.25 bits per heavy atom. The lowest BCUT2D eigenvalue weighted by Gasteiger charge is -2.29. The lowest BCUT2D eigenvalue weighted by molar-refractivity contribution is -0.138. The van der Waals surface area contributed by atoms with Crippen molar-refractivity contribution >= 4 is 115 Å². The minimum atomic E-state index is -1.73. The van der Waals surface area contributed by atoms with Gasteiger partial charge in [-0.3, -0.25) is 72.2 Å². The van der Waals surface area contributed by atoms with Gasteiger partial charge in [0.15, 0.2) is 5.96 Å². The number of aromatic hydroxyl groups is 2. The number of hydrogen-bond donors (Lipinski definition) is 19. The second kappa shape index (κ2) is 40.3. The molecule has 36 heteroatoms. The normalized spacial score (nSPS) is 22.6. The molecule has 554 valence electrons. The minimum Gasteiger partial charge on any atom is -0.508 e. The average Bonchev–Trinajstić information content (AvgIpc) is 1.54. The number of benzene rings is 3. The summed E-state index contributed by atoms with van der Waals surface area (Å²) in [4.78, 5) is 191. The van der Waals surface area contributed by atoms with Crippen molar-refractivity contribution < 1.29 is 82.8 Å². The van der Waals surface area contributed by atoms with Gasteiger partial charge in [0, 0.05) is 86.8 Å². The molecule has 34 nitrogen and oxygen atoms in total. The van der Waals surface area contributed by atoms with E-state index in [1.54, 1.807) is 49.2 Å². The van der Waals surface area contributed by atoms with E-state index in [0.717, 1.165) is 21.6 Å². The molecule has 3 aromatic carbocycles. The van der Waals surface area contributed by atoms with Crippen molar-refractivity contribution in [1.82, 2.24) is 63.1 Å².